The highest BCUT2D eigenvalue weighted by Crippen LogP contribution is 2.34. The van der Waals surface area contributed by atoms with Crippen molar-refractivity contribution in [3.8, 4) is 10.4 Å². The quantitative estimate of drug-likeness (QED) is 0.465. The summed E-state index contributed by atoms with van der Waals surface area (Å²) in [6, 6.07) is 11.5. The number of nitrogens with zero attached hydrogens (tertiary/aromatic N) is 4. The second-order valence-corrected chi connectivity index (χ2v) is 9.09. The third-order valence-corrected chi connectivity index (χ3v) is 5.49. The van der Waals surface area contributed by atoms with Gasteiger partial charge in [-0.1, -0.05) is 23.5 Å². The van der Waals surface area contributed by atoms with E-state index in [1.165, 1.54) is 16.0 Å². The molecule has 0 bridgehead atoms. The first-order valence-corrected chi connectivity index (χ1v) is 10.6. The Balaban J connectivity index is 1.84. The second kappa shape index (κ2) is 7.96. The summed E-state index contributed by atoms with van der Waals surface area (Å²) in [4.78, 5) is 22.5. The summed E-state index contributed by atoms with van der Waals surface area (Å²) in [5.74, 6) is 0. The van der Waals surface area contributed by atoms with E-state index in [1.54, 1.807) is 6.20 Å². The number of ether oxygens (including phenoxy) is 1. The Kier molecular flexibility index (Phi) is 5.32. The molecule has 0 aliphatic rings. The maximum Gasteiger partial charge on any atom is 0.435 e. The Bertz CT molecular complexity index is 1280. The van der Waals surface area contributed by atoms with Crippen molar-refractivity contribution in [1.82, 2.24) is 19.7 Å². The largest absolute Gasteiger partial charge is 0.442 e. The molecule has 4 rings (SSSR count). The van der Waals surface area contributed by atoms with Crippen LogP contribution >= 0.6 is 11.3 Å². The first kappa shape index (κ1) is 20.7. The molecule has 0 fully saturated rings. The molecule has 3 aromatic heterocycles. The molecule has 0 saturated carbocycles. The van der Waals surface area contributed by atoms with E-state index in [2.05, 4.69) is 15.1 Å². The van der Waals surface area contributed by atoms with Gasteiger partial charge in [0, 0.05) is 11.6 Å². The molecule has 7 nitrogen and oxygen atoms in total. The number of hydrogen-bond donors (Lipinski definition) is 1. The van der Waals surface area contributed by atoms with E-state index in [0.29, 0.717) is 16.3 Å². The van der Waals surface area contributed by atoms with Crippen LogP contribution in [0.5, 0.6) is 0 Å². The highest BCUT2D eigenvalue weighted by molar-refractivity contribution is 7.18. The van der Waals surface area contributed by atoms with Crippen LogP contribution in [0.15, 0.2) is 42.6 Å². The number of benzene rings is 1. The number of aryl methyl sites for hydroxylation is 1. The highest BCUT2D eigenvalue weighted by Gasteiger charge is 2.22. The Labute approximate surface area is 184 Å². The first-order valence-electron chi connectivity index (χ1n) is 9.80. The average Bonchev–Trinajstić information content (AvgIpc) is 3.24. The first-order chi connectivity index (χ1) is 14.7. The number of hydrogen-bond acceptors (Lipinski definition) is 7. The molecule has 8 heteroatoms. The zero-order valence-corrected chi connectivity index (χ0v) is 18.6. The number of aromatic nitrogens is 4. The number of nitrogen functional groups attached to an aromatic ring is 1. The lowest BCUT2D eigenvalue weighted by molar-refractivity contribution is 0.0522. The number of nitrogens with two attached hydrogens (primary N) is 1. The molecule has 158 valence electrons. The average molecular weight is 434 g/mol. The van der Waals surface area contributed by atoms with Gasteiger partial charge in [0.25, 0.3) is 0 Å². The molecule has 1 aromatic carbocycles. The lowest BCUT2D eigenvalue weighted by atomic mass is 10.1. The van der Waals surface area contributed by atoms with Crippen molar-refractivity contribution in [1.29, 1.82) is 0 Å². The van der Waals surface area contributed by atoms with Crippen molar-refractivity contribution < 1.29 is 9.53 Å². The molecular weight excluding hydrogens is 410 g/mol. The number of pyridine rings is 1. The molecule has 0 unspecified atom stereocenters. The minimum absolute atomic E-state index is 0.507. The smallest absolute Gasteiger partial charge is 0.435 e. The van der Waals surface area contributed by atoms with Gasteiger partial charge in [-0.3, -0.25) is 4.98 Å². The predicted octanol–water partition coefficient (Wildman–Crippen LogP) is 5.40. The van der Waals surface area contributed by atoms with Gasteiger partial charge in [-0.25, -0.2) is 9.78 Å². The molecule has 0 amide bonds. The van der Waals surface area contributed by atoms with E-state index in [-0.39, 0.29) is 0 Å². The number of anilines is 1. The van der Waals surface area contributed by atoms with E-state index in [0.717, 1.165) is 27.2 Å². The van der Waals surface area contributed by atoms with E-state index >= 15 is 0 Å². The Morgan fingerprint density at radius 1 is 1.19 bits per heavy atom. The van der Waals surface area contributed by atoms with Gasteiger partial charge in [0.2, 0.25) is 0 Å². The molecule has 0 radical (unpaired) electrons. The van der Waals surface area contributed by atoms with Crippen LogP contribution in [0.1, 0.15) is 37.9 Å². The van der Waals surface area contributed by atoms with Gasteiger partial charge in [-0.15, -0.1) is 0 Å². The number of rotatable bonds is 3. The van der Waals surface area contributed by atoms with Crippen molar-refractivity contribution in [2.24, 2.45) is 0 Å². The summed E-state index contributed by atoms with van der Waals surface area (Å²) in [7, 11) is 0. The Morgan fingerprint density at radius 3 is 2.65 bits per heavy atom. The minimum Gasteiger partial charge on any atom is -0.442 e. The molecular formula is C23H23N5O2S. The van der Waals surface area contributed by atoms with Crippen molar-refractivity contribution in [2.75, 3.05) is 5.73 Å². The monoisotopic (exact) mass is 433 g/mol. The van der Waals surface area contributed by atoms with E-state index < -0.39 is 11.7 Å². The normalized spacial score (nSPS) is 12.0. The molecule has 3 heterocycles. The van der Waals surface area contributed by atoms with Crippen molar-refractivity contribution in [3.63, 3.8) is 0 Å². The zero-order valence-electron chi connectivity index (χ0n) is 17.8. The van der Waals surface area contributed by atoms with Crippen LogP contribution in [0.4, 0.5) is 9.93 Å². The summed E-state index contributed by atoms with van der Waals surface area (Å²) in [6.07, 6.45) is 4.91. The van der Waals surface area contributed by atoms with Crippen LogP contribution < -0.4 is 5.73 Å². The zero-order chi connectivity index (χ0) is 22.2. The predicted molar refractivity (Wildman–Crippen MR) is 125 cm³/mol. The lowest BCUT2D eigenvalue weighted by Crippen LogP contribution is -2.27. The standard InChI is InChI=1S/C23H23N5O2S/c1-14-20(31-21(24)26-14)15-8-10-17-18(11-9-16-7-5-6-12-25-16)27-28(19(17)13-15)22(29)30-23(2,3)4/h5-13H,1-4H3,(H2,24,26). The van der Waals surface area contributed by atoms with Gasteiger partial charge in [0.1, 0.15) is 5.60 Å². The third-order valence-electron chi connectivity index (χ3n) is 4.45. The third kappa shape index (κ3) is 4.49. The van der Waals surface area contributed by atoms with Crippen molar-refractivity contribution in [3.05, 3.63) is 59.7 Å². The van der Waals surface area contributed by atoms with Gasteiger partial charge in [0.15, 0.2) is 5.13 Å². The van der Waals surface area contributed by atoms with Crippen molar-refractivity contribution in [2.45, 2.75) is 33.3 Å². The van der Waals surface area contributed by atoms with Gasteiger partial charge < -0.3 is 10.5 Å². The maximum absolute atomic E-state index is 12.9. The number of carbonyl (C=O) groups excluding carboxylic acids is 1. The van der Waals surface area contributed by atoms with Gasteiger partial charge >= 0.3 is 6.09 Å². The van der Waals surface area contributed by atoms with Crippen LogP contribution in [0.2, 0.25) is 0 Å². The summed E-state index contributed by atoms with van der Waals surface area (Å²) >= 11 is 1.41. The summed E-state index contributed by atoms with van der Waals surface area (Å²) < 4.78 is 6.88. The number of fused-ring (bicyclic) bond motifs is 1. The topological polar surface area (TPSA) is 95.9 Å². The fourth-order valence-corrected chi connectivity index (χ4v) is 4.00. The van der Waals surface area contributed by atoms with Gasteiger partial charge in [0.05, 0.1) is 27.5 Å². The van der Waals surface area contributed by atoms with Crippen LogP contribution in [0.25, 0.3) is 33.5 Å². The summed E-state index contributed by atoms with van der Waals surface area (Å²) in [5, 5.41) is 5.88. The number of thiazole rings is 1. The fourth-order valence-electron chi connectivity index (χ4n) is 3.17. The van der Waals surface area contributed by atoms with Crippen molar-refractivity contribution >= 4 is 45.6 Å². The summed E-state index contributed by atoms with van der Waals surface area (Å²) in [6.45, 7) is 7.40. The Morgan fingerprint density at radius 2 is 2.00 bits per heavy atom. The molecule has 0 aliphatic carbocycles. The number of carbonyl (C=O) groups is 1. The van der Waals surface area contributed by atoms with E-state index in [9.17, 15) is 4.79 Å². The SMILES string of the molecule is Cc1nc(N)sc1-c1ccc2c(C=Cc3ccccn3)nn(C(=O)OC(C)(C)C)c2c1. The van der Waals surface area contributed by atoms with Crippen LogP contribution in [0.3, 0.4) is 0 Å². The van der Waals surface area contributed by atoms with Crippen LogP contribution in [-0.4, -0.2) is 31.4 Å². The van der Waals surface area contributed by atoms with Crippen LogP contribution in [-0.2, 0) is 4.74 Å². The fraction of sp³-hybridized carbons (Fsp3) is 0.217. The minimum atomic E-state index is -0.639. The van der Waals surface area contributed by atoms with E-state index in [4.69, 9.17) is 10.5 Å². The summed E-state index contributed by atoms with van der Waals surface area (Å²) in [5.41, 5.74) is 9.11. The Hall–Kier alpha value is -3.52. The molecule has 4 aromatic rings. The molecule has 0 saturated heterocycles. The van der Waals surface area contributed by atoms with E-state index in [1.807, 2.05) is 76.2 Å². The molecule has 2 N–H and O–H groups in total. The van der Waals surface area contributed by atoms with Crippen LogP contribution in [0, 0.1) is 6.92 Å². The second-order valence-electron chi connectivity index (χ2n) is 8.06. The maximum atomic E-state index is 12.9. The molecule has 0 atom stereocenters. The molecule has 0 spiro atoms. The van der Waals surface area contributed by atoms with Gasteiger partial charge in [-0.2, -0.15) is 9.78 Å². The van der Waals surface area contributed by atoms with Gasteiger partial charge in [-0.05, 0) is 69.7 Å². The lowest BCUT2D eigenvalue weighted by Gasteiger charge is -2.19. The molecule has 31 heavy (non-hydrogen) atoms. The molecule has 0 aliphatic heterocycles. The highest BCUT2D eigenvalue weighted by atomic mass is 32.1.